The molecule has 0 aliphatic carbocycles. The van der Waals surface area contributed by atoms with E-state index in [-0.39, 0.29) is 11.5 Å². The lowest BCUT2D eigenvalue weighted by molar-refractivity contribution is 0.439. The van der Waals surface area contributed by atoms with E-state index in [2.05, 4.69) is 13.8 Å². The maximum absolute atomic E-state index is 9.56. The van der Waals surface area contributed by atoms with Gasteiger partial charge in [-0.15, -0.1) is 0 Å². The first kappa shape index (κ1) is 9.90. The molecule has 0 heterocycles. The molecule has 0 aliphatic heterocycles. The highest BCUT2D eigenvalue weighted by molar-refractivity contribution is 5.40. The van der Waals surface area contributed by atoms with E-state index in [1.54, 1.807) is 12.1 Å². The molecule has 2 nitrogen and oxygen atoms in total. The zero-order valence-electron chi connectivity index (χ0n) is 8.12. The molecule has 0 fully saturated rings. The van der Waals surface area contributed by atoms with Gasteiger partial charge in [0.25, 0.3) is 0 Å². The van der Waals surface area contributed by atoms with Gasteiger partial charge >= 0.3 is 0 Å². The van der Waals surface area contributed by atoms with Gasteiger partial charge in [-0.25, -0.2) is 0 Å². The summed E-state index contributed by atoms with van der Waals surface area (Å²) < 4.78 is 0. The summed E-state index contributed by atoms with van der Waals surface area (Å²) in [5.41, 5.74) is 0.933. The summed E-state index contributed by atoms with van der Waals surface area (Å²) in [5.74, 6) is 0.710. The van der Waals surface area contributed by atoms with Gasteiger partial charge in [0, 0.05) is 6.07 Å². The molecule has 13 heavy (non-hydrogen) atoms. The predicted octanol–water partition coefficient (Wildman–Crippen LogP) is 3.00. The summed E-state index contributed by atoms with van der Waals surface area (Å²) in [6.45, 7) is 4.20. The van der Waals surface area contributed by atoms with Crippen LogP contribution in [0.5, 0.6) is 11.5 Å². The molecule has 0 aromatic heterocycles. The Hall–Kier alpha value is -1.18. The van der Waals surface area contributed by atoms with Gasteiger partial charge in [0.1, 0.15) is 11.5 Å². The second kappa shape index (κ2) is 4.17. The van der Waals surface area contributed by atoms with Crippen molar-refractivity contribution in [3.8, 4) is 11.5 Å². The first-order valence-corrected chi connectivity index (χ1v) is 4.70. The summed E-state index contributed by atoms with van der Waals surface area (Å²) in [5, 5.41) is 18.7. The Kier molecular flexibility index (Phi) is 3.18. The Labute approximate surface area is 78.8 Å². The largest absolute Gasteiger partial charge is 0.508 e. The molecule has 0 atom stereocenters. The van der Waals surface area contributed by atoms with Gasteiger partial charge in [0.2, 0.25) is 0 Å². The SMILES string of the molecule is CCC(CC)c1ccc(O)cc1O. The molecule has 1 rings (SSSR count). The molecule has 72 valence electrons. The Balaban J connectivity index is 2.99. The first-order chi connectivity index (χ1) is 6.19. The zero-order chi connectivity index (χ0) is 9.84. The Morgan fingerprint density at radius 3 is 2.23 bits per heavy atom. The Bertz CT molecular complexity index is 277. The third-order valence-electron chi connectivity index (χ3n) is 2.44. The van der Waals surface area contributed by atoms with Crippen LogP contribution in [0.2, 0.25) is 0 Å². The zero-order valence-corrected chi connectivity index (χ0v) is 8.12. The summed E-state index contributed by atoms with van der Waals surface area (Å²) in [6.07, 6.45) is 2.02. The minimum absolute atomic E-state index is 0.118. The maximum Gasteiger partial charge on any atom is 0.122 e. The standard InChI is InChI=1S/C11H16O2/c1-3-8(4-2)10-6-5-9(12)7-11(10)13/h5-8,12-13H,3-4H2,1-2H3. The van der Waals surface area contributed by atoms with Crippen molar-refractivity contribution in [3.05, 3.63) is 23.8 Å². The number of phenols is 2. The summed E-state index contributed by atoms with van der Waals surface area (Å²) in [7, 11) is 0. The lowest BCUT2D eigenvalue weighted by Crippen LogP contribution is -1.95. The molecule has 1 aromatic carbocycles. The fourth-order valence-electron chi connectivity index (χ4n) is 1.61. The second-order valence-electron chi connectivity index (χ2n) is 3.26. The van der Waals surface area contributed by atoms with E-state index < -0.39 is 0 Å². The van der Waals surface area contributed by atoms with E-state index in [4.69, 9.17) is 5.11 Å². The topological polar surface area (TPSA) is 40.5 Å². The quantitative estimate of drug-likeness (QED) is 0.750. The number of phenolic OH excluding ortho intramolecular Hbond substituents is 2. The molecule has 0 amide bonds. The number of aromatic hydroxyl groups is 2. The van der Waals surface area contributed by atoms with Crippen molar-refractivity contribution in [3.63, 3.8) is 0 Å². The van der Waals surface area contributed by atoms with Crippen LogP contribution in [-0.2, 0) is 0 Å². The molecule has 0 spiro atoms. The van der Waals surface area contributed by atoms with Crippen molar-refractivity contribution in [2.24, 2.45) is 0 Å². The molecule has 0 saturated heterocycles. The van der Waals surface area contributed by atoms with Gasteiger partial charge in [-0.05, 0) is 30.4 Å². The minimum atomic E-state index is 0.118. The average Bonchev–Trinajstić information content (AvgIpc) is 2.10. The Morgan fingerprint density at radius 1 is 1.15 bits per heavy atom. The van der Waals surface area contributed by atoms with Crippen molar-refractivity contribution in [1.29, 1.82) is 0 Å². The van der Waals surface area contributed by atoms with Crippen LogP contribution in [-0.4, -0.2) is 10.2 Å². The molecule has 2 N–H and O–H groups in total. The van der Waals surface area contributed by atoms with Gasteiger partial charge in [-0.2, -0.15) is 0 Å². The summed E-state index contributed by atoms with van der Waals surface area (Å²) in [4.78, 5) is 0. The molecular formula is C11H16O2. The van der Waals surface area contributed by atoms with E-state index in [0.717, 1.165) is 18.4 Å². The van der Waals surface area contributed by atoms with Gasteiger partial charge in [-0.3, -0.25) is 0 Å². The fourth-order valence-corrected chi connectivity index (χ4v) is 1.61. The molecular weight excluding hydrogens is 164 g/mol. The molecule has 0 bridgehead atoms. The van der Waals surface area contributed by atoms with Crippen molar-refractivity contribution in [2.45, 2.75) is 32.6 Å². The monoisotopic (exact) mass is 180 g/mol. The number of hydrogen-bond donors (Lipinski definition) is 2. The van der Waals surface area contributed by atoms with Crippen molar-refractivity contribution in [1.82, 2.24) is 0 Å². The number of hydrogen-bond acceptors (Lipinski definition) is 2. The minimum Gasteiger partial charge on any atom is -0.508 e. The van der Waals surface area contributed by atoms with Gasteiger partial charge in [0.05, 0.1) is 0 Å². The highest BCUT2D eigenvalue weighted by Gasteiger charge is 2.11. The van der Waals surface area contributed by atoms with Gasteiger partial charge in [0.15, 0.2) is 0 Å². The van der Waals surface area contributed by atoms with Crippen LogP contribution >= 0.6 is 0 Å². The number of rotatable bonds is 3. The molecule has 2 heteroatoms. The van der Waals surface area contributed by atoms with Crippen molar-refractivity contribution in [2.75, 3.05) is 0 Å². The second-order valence-corrected chi connectivity index (χ2v) is 3.26. The van der Waals surface area contributed by atoms with E-state index in [1.807, 2.05) is 0 Å². The lowest BCUT2D eigenvalue weighted by Gasteiger charge is -2.14. The average molecular weight is 180 g/mol. The van der Waals surface area contributed by atoms with Crippen LogP contribution < -0.4 is 0 Å². The first-order valence-electron chi connectivity index (χ1n) is 4.70. The predicted molar refractivity (Wildman–Crippen MR) is 53.1 cm³/mol. The summed E-state index contributed by atoms with van der Waals surface area (Å²) >= 11 is 0. The van der Waals surface area contributed by atoms with Gasteiger partial charge < -0.3 is 10.2 Å². The van der Waals surface area contributed by atoms with E-state index in [0.29, 0.717) is 5.92 Å². The molecule has 0 aliphatic rings. The highest BCUT2D eigenvalue weighted by atomic mass is 16.3. The third-order valence-corrected chi connectivity index (χ3v) is 2.44. The van der Waals surface area contributed by atoms with E-state index in [9.17, 15) is 5.11 Å². The van der Waals surface area contributed by atoms with Crippen LogP contribution in [0.25, 0.3) is 0 Å². The molecule has 0 saturated carbocycles. The van der Waals surface area contributed by atoms with Crippen molar-refractivity contribution >= 4 is 0 Å². The van der Waals surface area contributed by atoms with Crippen LogP contribution in [0.3, 0.4) is 0 Å². The van der Waals surface area contributed by atoms with E-state index >= 15 is 0 Å². The smallest absolute Gasteiger partial charge is 0.122 e. The molecule has 1 aromatic rings. The Morgan fingerprint density at radius 2 is 1.77 bits per heavy atom. The van der Waals surface area contributed by atoms with Crippen molar-refractivity contribution < 1.29 is 10.2 Å². The van der Waals surface area contributed by atoms with Crippen LogP contribution in [0.15, 0.2) is 18.2 Å². The molecule has 0 radical (unpaired) electrons. The molecule has 0 unspecified atom stereocenters. The van der Waals surface area contributed by atoms with Crippen LogP contribution in [0.4, 0.5) is 0 Å². The van der Waals surface area contributed by atoms with E-state index in [1.165, 1.54) is 6.07 Å². The number of benzene rings is 1. The summed E-state index contributed by atoms with van der Waals surface area (Å²) in [6, 6.07) is 4.81. The fraction of sp³-hybridized carbons (Fsp3) is 0.455. The lowest BCUT2D eigenvalue weighted by atomic mass is 9.93. The van der Waals surface area contributed by atoms with Crippen LogP contribution in [0.1, 0.15) is 38.2 Å². The third kappa shape index (κ3) is 2.14. The van der Waals surface area contributed by atoms with Crippen LogP contribution in [0, 0.1) is 0 Å². The van der Waals surface area contributed by atoms with Gasteiger partial charge in [-0.1, -0.05) is 19.9 Å². The maximum atomic E-state index is 9.56. The normalized spacial score (nSPS) is 10.7. The highest BCUT2D eigenvalue weighted by Crippen LogP contribution is 2.32.